The summed E-state index contributed by atoms with van der Waals surface area (Å²) >= 11 is 2.12. The Morgan fingerprint density at radius 2 is 2.12 bits per heavy atom. The smallest absolute Gasteiger partial charge is 0.226 e. The predicted molar refractivity (Wildman–Crippen MR) is 111 cm³/mol. The lowest BCUT2D eigenvalue weighted by molar-refractivity contribution is 0.818. The first-order chi connectivity index (χ1) is 12.7. The molecular weight excluding hydrogens is 445 g/mol. The zero-order valence-corrected chi connectivity index (χ0v) is 16.3. The summed E-state index contributed by atoms with van der Waals surface area (Å²) < 4.78 is 1.72. The fraction of sp³-hybridized carbons (Fsp3) is 0.250. The standard InChI is InChI=1S/C16H18IN9/c1-18-4-5-19-16-24-14(11-8-23-26(17)15(11)25-16)20-7-10-2-3-12-13(6-10)22-9-21-12/h2-3,6,8-9,18H,4-5,7H2,1H3,(H,21,22)(H2,19,20,24,25). The Morgan fingerprint density at radius 3 is 3.00 bits per heavy atom. The lowest BCUT2D eigenvalue weighted by atomic mass is 10.2. The van der Waals surface area contributed by atoms with Crippen molar-refractivity contribution >= 4 is 56.7 Å². The Kier molecular flexibility index (Phi) is 4.84. The van der Waals surface area contributed by atoms with Gasteiger partial charge in [0.15, 0.2) is 5.65 Å². The number of likely N-dealkylation sites (N-methyl/N-ethyl adjacent to an activating group) is 1. The SMILES string of the molecule is CNCCNc1nc(NCc2ccc3nc[nH]c3c2)c2cnn(I)c2n1. The Bertz CT molecular complexity index is 1040. The normalized spacial score (nSPS) is 11.3. The van der Waals surface area contributed by atoms with Gasteiger partial charge in [0, 0.05) is 19.6 Å². The van der Waals surface area contributed by atoms with Crippen LogP contribution in [0, 0.1) is 0 Å². The van der Waals surface area contributed by atoms with Crippen molar-refractivity contribution in [1.82, 2.24) is 33.2 Å². The van der Waals surface area contributed by atoms with Gasteiger partial charge in [-0.15, -0.1) is 0 Å². The van der Waals surface area contributed by atoms with Gasteiger partial charge in [0.25, 0.3) is 0 Å². The van der Waals surface area contributed by atoms with E-state index in [0.29, 0.717) is 12.5 Å². The molecule has 0 aliphatic heterocycles. The maximum atomic E-state index is 4.62. The second-order valence-electron chi connectivity index (χ2n) is 5.78. The fourth-order valence-corrected chi connectivity index (χ4v) is 3.16. The minimum atomic E-state index is 0.581. The first-order valence-corrected chi connectivity index (χ1v) is 9.17. The summed E-state index contributed by atoms with van der Waals surface area (Å²) in [7, 11) is 1.91. The molecule has 0 atom stereocenters. The number of nitrogens with one attached hydrogen (secondary N) is 4. The Hall–Kier alpha value is -2.47. The van der Waals surface area contributed by atoms with Gasteiger partial charge in [-0.05, 0) is 24.7 Å². The summed E-state index contributed by atoms with van der Waals surface area (Å²) in [6.45, 7) is 2.22. The van der Waals surface area contributed by atoms with Crippen molar-refractivity contribution in [2.75, 3.05) is 30.8 Å². The quantitative estimate of drug-likeness (QED) is 0.246. The molecular formula is C16H18IN9. The topological polar surface area (TPSA) is 108 Å². The van der Waals surface area contributed by atoms with Crippen LogP contribution in [0.4, 0.5) is 11.8 Å². The molecule has 4 aromatic rings. The van der Waals surface area contributed by atoms with Crippen molar-refractivity contribution in [2.24, 2.45) is 0 Å². The largest absolute Gasteiger partial charge is 0.365 e. The molecule has 10 heteroatoms. The van der Waals surface area contributed by atoms with Gasteiger partial charge in [0.2, 0.25) is 5.95 Å². The second-order valence-corrected chi connectivity index (χ2v) is 6.69. The van der Waals surface area contributed by atoms with Gasteiger partial charge in [0.05, 0.1) is 51.8 Å². The highest BCUT2D eigenvalue weighted by Gasteiger charge is 2.12. The number of aromatic nitrogens is 6. The van der Waals surface area contributed by atoms with Gasteiger partial charge in [-0.1, -0.05) is 6.07 Å². The average Bonchev–Trinajstić information content (AvgIpc) is 3.26. The number of fused-ring (bicyclic) bond motifs is 2. The van der Waals surface area contributed by atoms with Gasteiger partial charge in [-0.3, -0.25) is 0 Å². The molecule has 26 heavy (non-hydrogen) atoms. The summed E-state index contributed by atoms with van der Waals surface area (Å²) in [5.74, 6) is 1.34. The highest BCUT2D eigenvalue weighted by Crippen LogP contribution is 2.24. The van der Waals surface area contributed by atoms with Crippen LogP contribution < -0.4 is 16.0 Å². The number of halogens is 1. The first kappa shape index (κ1) is 17.0. The van der Waals surface area contributed by atoms with Crippen molar-refractivity contribution < 1.29 is 0 Å². The number of nitrogens with zero attached hydrogens (tertiary/aromatic N) is 5. The first-order valence-electron chi connectivity index (χ1n) is 8.21. The molecule has 4 N–H and O–H groups in total. The summed E-state index contributed by atoms with van der Waals surface area (Å²) in [6.07, 6.45) is 3.48. The highest BCUT2D eigenvalue weighted by molar-refractivity contribution is 14.1. The van der Waals surface area contributed by atoms with E-state index in [0.717, 1.165) is 46.5 Å². The van der Waals surface area contributed by atoms with Crippen molar-refractivity contribution in [3.8, 4) is 0 Å². The Morgan fingerprint density at radius 1 is 1.19 bits per heavy atom. The van der Waals surface area contributed by atoms with E-state index in [1.54, 1.807) is 15.4 Å². The minimum absolute atomic E-state index is 0.581. The van der Waals surface area contributed by atoms with Gasteiger partial charge in [-0.25, -0.2) is 4.98 Å². The highest BCUT2D eigenvalue weighted by atomic mass is 127. The van der Waals surface area contributed by atoms with E-state index in [9.17, 15) is 0 Å². The molecule has 0 amide bonds. The maximum absolute atomic E-state index is 4.62. The van der Waals surface area contributed by atoms with Crippen molar-refractivity contribution in [1.29, 1.82) is 0 Å². The van der Waals surface area contributed by atoms with Gasteiger partial charge in [-0.2, -0.15) is 18.0 Å². The van der Waals surface area contributed by atoms with Crippen LogP contribution in [-0.2, 0) is 6.54 Å². The van der Waals surface area contributed by atoms with E-state index < -0.39 is 0 Å². The Labute approximate surface area is 163 Å². The molecule has 134 valence electrons. The molecule has 1 aromatic carbocycles. The molecule has 0 unspecified atom stereocenters. The number of aromatic amines is 1. The van der Waals surface area contributed by atoms with Crippen molar-refractivity contribution in [3.05, 3.63) is 36.3 Å². The van der Waals surface area contributed by atoms with Crippen LogP contribution in [0.3, 0.4) is 0 Å². The van der Waals surface area contributed by atoms with E-state index >= 15 is 0 Å². The van der Waals surface area contributed by atoms with E-state index in [-0.39, 0.29) is 0 Å². The number of benzene rings is 1. The van der Waals surface area contributed by atoms with Gasteiger partial charge in [0.1, 0.15) is 5.82 Å². The van der Waals surface area contributed by atoms with Gasteiger partial charge >= 0.3 is 0 Å². The third kappa shape index (κ3) is 3.42. The summed E-state index contributed by atoms with van der Waals surface area (Å²) in [5, 5.41) is 14.9. The molecule has 0 fully saturated rings. The second kappa shape index (κ2) is 7.41. The molecule has 0 bridgehead atoms. The number of H-pyrrole nitrogens is 1. The van der Waals surface area contributed by atoms with Crippen molar-refractivity contribution in [2.45, 2.75) is 6.54 Å². The monoisotopic (exact) mass is 463 g/mol. The Balaban J connectivity index is 1.59. The summed E-state index contributed by atoms with van der Waals surface area (Å²) in [4.78, 5) is 16.5. The number of imidazole rings is 1. The zero-order chi connectivity index (χ0) is 17.9. The zero-order valence-electron chi connectivity index (χ0n) is 14.1. The van der Waals surface area contributed by atoms with E-state index in [1.165, 1.54) is 0 Å². The fourth-order valence-electron chi connectivity index (χ4n) is 2.67. The number of hydrogen-bond acceptors (Lipinski definition) is 7. The molecule has 0 spiro atoms. The van der Waals surface area contributed by atoms with Gasteiger partial charge < -0.3 is 20.9 Å². The molecule has 3 heterocycles. The average molecular weight is 463 g/mol. The number of anilines is 2. The molecule has 0 saturated heterocycles. The van der Waals surface area contributed by atoms with Crippen LogP contribution in [0.15, 0.2) is 30.7 Å². The minimum Gasteiger partial charge on any atom is -0.365 e. The van der Waals surface area contributed by atoms with E-state index in [1.807, 2.05) is 13.1 Å². The van der Waals surface area contributed by atoms with Crippen LogP contribution in [0.25, 0.3) is 22.1 Å². The van der Waals surface area contributed by atoms with E-state index in [2.05, 4.69) is 76.0 Å². The maximum Gasteiger partial charge on any atom is 0.226 e. The van der Waals surface area contributed by atoms with Crippen LogP contribution in [-0.4, -0.2) is 48.1 Å². The number of hydrogen-bond donors (Lipinski definition) is 4. The molecule has 0 radical (unpaired) electrons. The van der Waals surface area contributed by atoms with Crippen LogP contribution in [0.1, 0.15) is 5.56 Å². The molecule has 0 aliphatic rings. The third-order valence-electron chi connectivity index (χ3n) is 3.99. The van der Waals surface area contributed by atoms with E-state index in [4.69, 9.17) is 0 Å². The lowest BCUT2D eigenvalue weighted by Gasteiger charge is -2.10. The molecule has 9 nitrogen and oxygen atoms in total. The summed E-state index contributed by atoms with van der Waals surface area (Å²) in [5.41, 5.74) is 3.89. The molecule has 3 aromatic heterocycles. The van der Waals surface area contributed by atoms with Crippen molar-refractivity contribution in [3.63, 3.8) is 0 Å². The summed E-state index contributed by atoms with van der Waals surface area (Å²) in [6, 6.07) is 6.15. The van der Waals surface area contributed by atoms with Crippen LogP contribution in [0.2, 0.25) is 0 Å². The molecule has 4 rings (SSSR count). The molecule has 0 saturated carbocycles. The van der Waals surface area contributed by atoms with Crippen LogP contribution >= 0.6 is 22.9 Å². The number of rotatable bonds is 7. The predicted octanol–water partition coefficient (Wildman–Crippen LogP) is 2.14. The third-order valence-corrected chi connectivity index (χ3v) is 4.70. The van der Waals surface area contributed by atoms with Crippen LogP contribution in [0.5, 0.6) is 0 Å². The lowest BCUT2D eigenvalue weighted by Crippen LogP contribution is -2.19. The molecule has 0 aliphatic carbocycles.